The number of aromatic nitrogens is 2. The van der Waals surface area contributed by atoms with Crippen molar-refractivity contribution in [3.05, 3.63) is 77.4 Å². The summed E-state index contributed by atoms with van der Waals surface area (Å²) in [5.74, 6) is 2.01. The van der Waals surface area contributed by atoms with Gasteiger partial charge >= 0.3 is 0 Å². The van der Waals surface area contributed by atoms with Gasteiger partial charge in [-0.1, -0.05) is 54.5 Å². The van der Waals surface area contributed by atoms with Crippen LogP contribution in [0.15, 0.2) is 59.1 Å². The molecule has 0 saturated heterocycles. The van der Waals surface area contributed by atoms with Gasteiger partial charge in [-0.15, -0.1) is 0 Å². The van der Waals surface area contributed by atoms with Crippen molar-refractivity contribution in [1.82, 2.24) is 15.5 Å². The van der Waals surface area contributed by atoms with Crippen molar-refractivity contribution in [2.45, 2.75) is 45.8 Å². The first-order valence-electron chi connectivity index (χ1n) is 9.56. The lowest BCUT2D eigenvalue weighted by atomic mass is 10.1. The summed E-state index contributed by atoms with van der Waals surface area (Å²) in [5.41, 5.74) is 2.09. The van der Waals surface area contributed by atoms with Crippen LogP contribution in [-0.4, -0.2) is 16.0 Å². The molecular formula is C22H25N3O3. The van der Waals surface area contributed by atoms with E-state index >= 15 is 0 Å². The van der Waals surface area contributed by atoms with Crippen LogP contribution >= 0.6 is 0 Å². The number of nitrogens with zero attached hydrogens (tertiary/aromatic N) is 2. The number of nitrogens with one attached hydrogen (secondary N) is 1. The zero-order valence-electron chi connectivity index (χ0n) is 16.1. The van der Waals surface area contributed by atoms with E-state index in [2.05, 4.69) is 22.4 Å². The van der Waals surface area contributed by atoms with Gasteiger partial charge in [0.2, 0.25) is 11.8 Å². The van der Waals surface area contributed by atoms with Crippen LogP contribution in [0.1, 0.15) is 42.6 Å². The summed E-state index contributed by atoms with van der Waals surface area (Å²) in [5, 5.41) is 6.83. The Morgan fingerprint density at radius 3 is 2.71 bits per heavy atom. The Balaban J connectivity index is 1.42. The predicted molar refractivity (Wildman–Crippen MR) is 106 cm³/mol. The molecule has 1 amide bonds. The van der Waals surface area contributed by atoms with E-state index in [0.717, 1.165) is 29.7 Å². The number of benzene rings is 2. The van der Waals surface area contributed by atoms with Gasteiger partial charge in [0.05, 0.1) is 0 Å². The minimum absolute atomic E-state index is 0.0406. The average molecular weight is 379 g/mol. The van der Waals surface area contributed by atoms with Crippen molar-refractivity contribution in [3.63, 3.8) is 0 Å². The lowest BCUT2D eigenvalue weighted by Crippen LogP contribution is -2.23. The second-order valence-electron chi connectivity index (χ2n) is 6.55. The summed E-state index contributed by atoms with van der Waals surface area (Å²) in [7, 11) is 0. The molecule has 0 aliphatic carbocycles. The van der Waals surface area contributed by atoms with Crippen LogP contribution in [0.5, 0.6) is 5.75 Å². The van der Waals surface area contributed by atoms with Gasteiger partial charge in [0, 0.05) is 25.8 Å². The van der Waals surface area contributed by atoms with E-state index in [4.69, 9.17) is 9.26 Å². The Kier molecular flexibility index (Phi) is 7.18. The molecule has 1 N–H and O–H groups in total. The largest absolute Gasteiger partial charge is 0.489 e. The zero-order valence-corrected chi connectivity index (χ0v) is 16.1. The Bertz CT molecular complexity index is 877. The maximum atomic E-state index is 12.1. The topological polar surface area (TPSA) is 77.2 Å². The summed E-state index contributed by atoms with van der Waals surface area (Å²) < 4.78 is 10.9. The number of carbonyl (C=O) groups is 1. The van der Waals surface area contributed by atoms with Gasteiger partial charge in [0.15, 0.2) is 5.82 Å². The molecule has 6 nitrogen and oxygen atoms in total. The van der Waals surface area contributed by atoms with Gasteiger partial charge in [0.1, 0.15) is 12.4 Å². The minimum Gasteiger partial charge on any atom is -0.489 e. The van der Waals surface area contributed by atoms with Crippen molar-refractivity contribution in [2.75, 3.05) is 0 Å². The SMILES string of the molecule is CCCc1noc(CCC(=O)NCc2cccc(COc3ccccc3)c2)n1. The third kappa shape index (κ3) is 6.23. The summed E-state index contributed by atoms with van der Waals surface area (Å²) >= 11 is 0. The van der Waals surface area contributed by atoms with Crippen LogP contribution in [0.3, 0.4) is 0 Å². The fourth-order valence-electron chi connectivity index (χ4n) is 2.74. The highest BCUT2D eigenvalue weighted by molar-refractivity contribution is 5.76. The molecule has 3 rings (SSSR count). The maximum Gasteiger partial charge on any atom is 0.227 e. The van der Waals surface area contributed by atoms with E-state index in [-0.39, 0.29) is 5.91 Å². The molecule has 0 aliphatic heterocycles. The number of hydrogen-bond acceptors (Lipinski definition) is 5. The van der Waals surface area contributed by atoms with Crippen LogP contribution in [0.4, 0.5) is 0 Å². The molecule has 0 saturated carbocycles. The molecule has 6 heteroatoms. The Hall–Kier alpha value is -3.15. The summed E-state index contributed by atoms with van der Waals surface area (Å²) in [4.78, 5) is 16.4. The number of hydrogen-bond donors (Lipinski definition) is 1. The summed E-state index contributed by atoms with van der Waals surface area (Å²) in [6.45, 7) is 3.03. The van der Waals surface area contributed by atoms with E-state index in [1.807, 2.05) is 54.6 Å². The Morgan fingerprint density at radius 1 is 1.07 bits per heavy atom. The first kappa shape index (κ1) is 19.6. The highest BCUT2D eigenvalue weighted by Gasteiger charge is 2.09. The monoisotopic (exact) mass is 379 g/mol. The number of ether oxygens (including phenoxy) is 1. The molecule has 3 aromatic rings. The average Bonchev–Trinajstić information content (AvgIpc) is 3.18. The van der Waals surface area contributed by atoms with Gasteiger partial charge < -0.3 is 14.6 Å². The van der Waals surface area contributed by atoms with Crippen molar-refractivity contribution < 1.29 is 14.1 Å². The Morgan fingerprint density at radius 2 is 1.89 bits per heavy atom. The molecule has 1 aromatic heterocycles. The maximum absolute atomic E-state index is 12.1. The fraction of sp³-hybridized carbons (Fsp3) is 0.318. The second-order valence-corrected chi connectivity index (χ2v) is 6.55. The quantitative estimate of drug-likeness (QED) is 0.579. The molecule has 2 aromatic carbocycles. The molecule has 0 unspecified atom stereocenters. The molecular weight excluding hydrogens is 354 g/mol. The first-order valence-corrected chi connectivity index (χ1v) is 9.56. The van der Waals surface area contributed by atoms with Crippen molar-refractivity contribution in [2.24, 2.45) is 0 Å². The number of aryl methyl sites for hydroxylation is 2. The fourth-order valence-corrected chi connectivity index (χ4v) is 2.74. The summed E-state index contributed by atoms with van der Waals surface area (Å²) in [6.07, 6.45) is 2.53. The van der Waals surface area contributed by atoms with E-state index in [9.17, 15) is 4.79 Å². The van der Waals surface area contributed by atoms with Crippen molar-refractivity contribution in [1.29, 1.82) is 0 Å². The molecule has 146 valence electrons. The predicted octanol–water partition coefficient (Wildman–Crippen LogP) is 3.85. The molecule has 0 bridgehead atoms. The molecule has 0 fully saturated rings. The number of para-hydroxylation sites is 1. The number of carbonyl (C=O) groups excluding carboxylic acids is 1. The second kappa shape index (κ2) is 10.3. The van der Waals surface area contributed by atoms with Gasteiger partial charge in [0.25, 0.3) is 0 Å². The first-order chi connectivity index (χ1) is 13.7. The molecule has 1 heterocycles. The number of amides is 1. The number of rotatable bonds is 10. The summed E-state index contributed by atoms with van der Waals surface area (Å²) in [6, 6.07) is 17.7. The van der Waals surface area contributed by atoms with Crippen LogP contribution in [0.25, 0.3) is 0 Å². The molecule has 0 atom stereocenters. The zero-order chi connectivity index (χ0) is 19.6. The van der Waals surface area contributed by atoms with Crippen LogP contribution in [-0.2, 0) is 30.8 Å². The van der Waals surface area contributed by atoms with E-state index in [1.54, 1.807) is 0 Å². The molecule has 0 aliphatic rings. The molecule has 0 spiro atoms. The van der Waals surface area contributed by atoms with Crippen molar-refractivity contribution >= 4 is 5.91 Å². The lowest BCUT2D eigenvalue weighted by Gasteiger charge is -2.09. The standard InChI is InChI=1S/C22H25N3O3/c1-2-7-20-24-22(28-25-20)13-12-21(26)23-15-17-8-6-9-18(14-17)16-27-19-10-4-3-5-11-19/h3-6,8-11,14H,2,7,12-13,15-16H2,1H3,(H,23,26). The van der Waals surface area contributed by atoms with Gasteiger partial charge in [-0.3, -0.25) is 4.79 Å². The van der Waals surface area contributed by atoms with E-state index in [0.29, 0.717) is 37.7 Å². The van der Waals surface area contributed by atoms with E-state index < -0.39 is 0 Å². The van der Waals surface area contributed by atoms with Crippen LogP contribution in [0, 0.1) is 0 Å². The van der Waals surface area contributed by atoms with Gasteiger partial charge in [-0.25, -0.2) is 0 Å². The highest BCUT2D eigenvalue weighted by atomic mass is 16.5. The minimum atomic E-state index is -0.0406. The third-order valence-corrected chi connectivity index (χ3v) is 4.18. The normalized spacial score (nSPS) is 10.6. The smallest absolute Gasteiger partial charge is 0.227 e. The lowest BCUT2D eigenvalue weighted by molar-refractivity contribution is -0.121. The van der Waals surface area contributed by atoms with Gasteiger partial charge in [-0.05, 0) is 29.7 Å². The van der Waals surface area contributed by atoms with Gasteiger partial charge in [-0.2, -0.15) is 4.98 Å². The Labute approximate surface area is 164 Å². The highest BCUT2D eigenvalue weighted by Crippen LogP contribution is 2.13. The van der Waals surface area contributed by atoms with Crippen molar-refractivity contribution in [3.8, 4) is 5.75 Å². The molecule has 28 heavy (non-hydrogen) atoms. The van der Waals surface area contributed by atoms with Crippen LogP contribution in [0.2, 0.25) is 0 Å². The molecule has 0 radical (unpaired) electrons. The van der Waals surface area contributed by atoms with Crippen LogP contribution < -0.4 is 10.1 Å². The third-order valence-electron chi connectivity index (χ3n) is 4.18. The van der Waals surface area contributed by atoms with E-state index in [1.165, 1.54) is 0 Å².